The molecular formula is C16H13ClN2O3. The second kappa shape index (κ2) is 5.69. The highest BCUT2D eigenvalue weighted by Gasteiger charge is 2.20. The van der Waals surface area contributed by atoms with Gasteiger partial charge in [-0.15, -0.1) is 0 Å². The topological polar surface area (TPSA) is 81.9 Å². The minimum Gasteiger partial charge on any atom is -0.508 e. The Morgan fingerprint density at radius 1 is 1.23 bits per heavy atom. The van der Waals surface area contributed by atoms with E-state index in [4.69, 9.17) is 16.7 Å². The molecule has 0 saturated heterocycles. The zero-order chi connectivity index (χ0) is 15.7. The SMILES string of the molecule is O=C(O)c1cc(NN=C2CCc3c(O)cccc32)ccc1Cl. The Morgan fingerprint density at radius 2 is 2.05 bits per heavy atom. The number of rotatable bonds is 3. The number of fused-ring (bicyclic) bond motifs is 1. The molecule has 0 saturated carbocycles. The van der Waals surface area contributed by atoms with Crippen LogP contribution in [0.15, 0.2) is 41.5 Å². The fraction of sp³-hybridized carbons (Fsp3) is 0.125. The summed E-state index contributed by atoms with van der Waals surface area (Å²) in [6, 6.07) is 9.96. The molecule has 0 amide bonds. The molecule has 2 aromatic rings. The number of halogens is 1. The molecule has 112 valence electrons. The predicted octanol–water partition coefficient (Wildman–Crippen LogP) is 3.51. The first-order valence-corrected chi connectivity index (χ1v) is 7.10. The molecule has 0 heterocycles. The Kier molecular flexibility index (Phi) is 3.73. The van der Waals surface area contributed by atoms with Crippen LogP contribution < -0.4 is 5.43 Å². The van der Waals surface area contributed by atoms with Crippen molar-refractivity contribution in [3.63, 3.8) is 0 Å². The van der Waals surface area contributed by atoms with Gasteiger partial charge in [0.1, 0.15) is 5.75 Å². The van der Waals surface area contributed by atoms with Crippen LogP contribution in [-0.4, -0.2) is 21.9 Å². The van der Waals surface area contributed by atoms with Gasteiger partial charge in [-0.05, 0) is 37.1 Å². The monoisotopic (exact) mass is 316 g/mol. The summed E-state index contributed by atoms with van der Waals surface area (Å²) in [5.74, 6) is -0.806. The number of phenols is 1. The molecule has 3 N–H and O–H groups in total. The first kappa shape index (κ1) is 14.4. The molecular weight excluding hydrogens is 304 g/mol. The molecule has 5 nitrogen and oxygen atoms in total. The first-order chi connectivity index (χ1) is 10.6. The second-order valence-corrected chi connectivity index (χ2v) is 5.38. The minimum absolute atomic E-state index is 0.0244. The normalized spacial score (nSPS) is 14.9. The molecule has 0 fully saturated rings. The van der Waals surface area contributed by atoms with E-state index in [1.165, 1.54) is 12.1 Å². The van der Waals surface area contributed by atoms with E-state index in [2.05, 4.69) is 10.5 Å². The lowest BCUT2D eigenvalue weighted by atomic mass is 10.1. The van der Waals surface area contributed by atoms with Crippen molar-refractivity contribution in [1.82, 2.24) is 0 Å². The molecule has 0 spiro atoms. The van der Waals surface area contributed by atoms with Crippen LogP contribution in [0.4, 0.5) is 5.69 Å². The van der Waals surface area contributed by atoms with Crippen LogP contribution >= 0.6 is 11.6 Å². The lowest BCUT2D eigenvalue weighted by molar-refractivity contribution is 0.0697. The number of anilines is 1. The van der Waals surface area contributed by atoms with E-state index < -0.39 is 5.97 Å². The van der Waals surface area contributed by atoms with Crippen molar-refractivity contribution in [2.75, 3.05) is 5.43 Å². The fourth-order valence-electron chi connectivity index (χ4n) is 2.49. The average molecular weight is 317 g/mol. The van der Waals surface area contributed by atoms with Gasteiger partial charge < -0.3 is 10.2 Å². The zero-order valence-electron chi connectivity index (χ0n) is 11.5. The van der Waals surface area contributed by atoms with E-state index in [0.29, 0.717) is 5.69 Å². The number of nitrogens with zero attached hydrogens (tertiary/aromatic N) is 1. The molecule has 22 heavy (non-hydrogen) atoms. The number of benzene rings is 2. The molecule has 1 aliphatic carbocycles. The first-order valence-electron chi connectivity index (χ1n) is 6.73. The lowest BCUT2D eigenvalue weighted by Gasteiger charge is -2.06. The molecule has 0 bridgehead atoms. The van der Waals surface area contributed by atoms with E-state index >= 15 is 0 Å². The van der Waals surface area contributed by atoms with Gasteiger partial charge in [-0.3, -0.25) is 5.43 Å². The van der Waals surface area contributed by atoms with Crippen molar-refractivity contribution in [3.8, 4) is 5.75 Å². The van der Waals surface area contributed by atoms with Crippen molar-refractivity contribution in [2.24, 2.45) is 5.10 Å². The third-order valence-corrected chi connectivity index (χ3v) is 3.92. The number of carboxylic acid groups (broad SMARTS) is 1. The quantitative estimate of drug-likeness (QED) is 0.757. The van der Waals surface area contributed by atoms with E-state index in [1.54, 1.807) is 18.2 Å². The van der Waals surface area contributed by atoms with E-state index in [0.717, 1.165) is 29.7 Å². The number of hydrogen-bond acceptors (Lipinski definition) is 4. The molecule has 0 radical (unpaired) electrons. The third-order valence-electron chi connectivity index (χ3n) is 3.59. The van der Waals surface area contributed by atoms with Crippen LogP contribution in [0.2, 0.25) is 5.02 Å². The number of carboxylic acids is 1. The smallest absolute Gasteiger partial charge is 0.337 e. The number of nitrogens with one attached hydrogen (secondary N) is 1. The van der Waals surface area contributed by atoms with Crippen LogP contribution in [0, 0.1) is 0 Å². The number of hydrazone groups is 1. The summed E-state index contributed by atoms with van der Waals surface area (Å²) in [5.41, 5.74) is 6.06. The number of aromatic carboxylic acids is 1. The third kappa shape index (κ3) is 2.63. The van der Waals surface area contributed by atoms with Crippen molar-refractivity contribution in [1.29, 1.82) is 0 Å². The van der Waals surface area contributed by atoms with Crippen LogP contribution in [0.5, 0.6) is 5.75 Å². The second-order valence-electron chi connectivity index (χ2n) is 4.97. The van der Waals surface area contributed by atoms with Crippen molar-refractivity contribution in [3.05, 3.63) is 58.1 Å². The van der Waals surface area contributed by atoms with Gasteiger partial charge in [-0.1, -0.05) is 23.7 Å². The van der Waals surface area contributed by atoms with Gasteiger partial charge in [-0.25, -0.2) is 4.79 Å². The van der Waals surface area contributed by atoms with Gasteiger partial charge in [-0.2, -0.15) is 5.10 Å². The highest BCUT2D eigenvalue weighted by Crippen LogP contribution is 2.30. The van der Waals surface area contributed by atoms with E-state index in [9.17, 15) is 9.90 Å². The Labute approximate surface area is 131 Å². The molecule has 6 heteroatoms. The molecule has 1 aliphatic rings. The van der Waals surface area contributed by atoms with Gasteiger partial charge in [0.05, 0.1) is 22.0 Å². The molecule has 3 rings (SSSR count). The standard InChI is InChI=1S/C16H13ClN2O3/c17-13-6-4-9(8-12(13)16(21)22)18-19-14-7-5-11-10(14)2-1-3-15(11)20/h1-4,6,8,18,20H,5,7H2,(H,21,22). The molecule has 0 atom stereocenters. The maximum atomic E-state index is 11.1. The van der Waals surface area contributed by atoms with Crippen LogP contribution in [0.3, 0.4) is 0 Å². The predicted molar refractivity (Wildman–Crippen MR) is 85.0 cm³/mol. The number of aromatic hydroxyl groups is 1. The Balaban J connectivity index is 1.86. The van der Waals surface area contributed by atoms with Crippen molar-refractivity contribution in [2.45, 2.75) is 12.8 Å². The highest BCUT2D eigenvalue weighted by atomic mass is 35.5. The average Bonchev–Trinajstić information content (AvgIpc) is 2.91. The summed E-state index contributed by atoms with van der Waals surface area (Å²) in [6.07, 6.45) is 1.46. The molecule has 2 aromatic carbocycles. The number of hydrogen-bond donors (Lipinski definition) is 3. The van der Waals surface area contributed by atoms with Gasteiger partial charge in [0.15, 0.2) is 0 Å². The summed E-state index contributed by atoms with van der Waals surface area (Å²) in [5, 5.41) is 23.4. The van der Waals surface area contributed by atoms with Gasteiger partial charge >= 0.3 is 5.97 Å². The van der Waals surface area contributed by atoms with Gasteiger partial charge in [0.2, 0.25) is 0 Å². The summed E-state index contributed by atoms with van der Waals surface area (Å²) in [7, 11) is 0. The lowest BCUT2D eigenvalue weighted by Crippen LogP contribution is -2.02. The zero-order valence-corrected chi connectivity index (χ0v) is 12.3. The highest BCUT2D eigenvalue weighted by molar-refractivity contribution is 6.33. The minimum atomic E-state index is -1.09. The van der Waals surface area contributed by atoms with Gasteiger partial charge in [0, 0.05) is 11.1 Å². The van der Waals surface area contributed by atoms with Crippen LogP contribution in [0.25, 0.3) is 0 Å². The van der Waals surface area contributed by atoms with E-state index in [-0.39, 0.29) is 16.3 Å². The number of phenolic OH excluding ortho intramolecular Hbond substituents is 1. The molecule has 0 unspecified atom stereocenters. The maximum absolute atomic E-state index is 11.1. The summed E-state index contributed by atoms with van der Waals surface area (Å²) in [6.45, 7) is 0. The fourth-order valence-corrected chi connectivity index (χ4v) is 2.69. The van der Waals surface area contributed by atoms with E-state index in [1.807, 2.05) is 6.07 Å². The van der Waals surface area contributed by atoms with Crippen molar-refractivity contribution >= 4 is 29.0 Å². The summed E-state index contributed by atoms with van der Waals surface area (Å²) < 4.78 is 0. The van der Waals surface area contributed by atoms with Crippen LogP contribution in [-0.2, 0) is 6.42 Å². The van der Waals surface area contributed by atoms with Gasteiger partial charge in [0.25, 0.3) is 0 Å². The summed E-state index contributed by atoms with van der Waals surface area (Å²) >= 11 is 5.83. The Bertz CT molecular complexity index is 787. The summed E-state index contributed by atoms with van der Waals surface area (Å²) in [4.78, 5) is 11.1. The van der Waals surface area contributed by atoms with Crippen molar-refractivity contribution < 1.29 is 15.0 Å². The number of carbonyl (C=O) groups is 1. The molecule has 0 aromatic heterocycles. The Hall–Kier alpha value is -2.53. The Morgan fingerprint density at radius 3 is 2.82 bits per heavy atom. The largest absolute Gasteiger partial charge is 0.508 e. The maximum Gasteiger partial charge on any atom is 0.337 e. The molecule has 0 aliphatic heterocycles. The van der Waals surface area contributed by atoms with Crippen LogP contribution in [0.1, 0.15) is 27.9 Å².